The summed E-state index contributed by atoms with van der Waals surface area (Å²) in [6.45, 7) is 2.26. The van der Waals surface area contributed by atoms with Gasteiger partial charge in [0.2, 0.25) is 0 Å². The minimum Gasteiger partial charge on any atom is -0.393 e. The van der Waals surface area contributed by atoms with E-state index >= 15 is 0 Å². The molecule has 14 heavy (non-hydrogen) atoms. The molecule has 0 saturated heterocycles. The summed E-state index contributed by atoms with van der Waals surface area (Å²) >= 11 is 0. The van der Waals surface area contributed by atoms with Crippen LogP contribution in [0.1, 0.15) is 64.7 Å². The topological polar surface area (TPSA) is 20.2 Å². The molecule has 2 aliphatic carbocycles. The lowest BCUT2D eigenvalue weighted by atomic mass is 9.71. The largest absolute Gasteiger partial charge is 0.393 e. The average molecular weight is 196 g/mol. The maximum atomic E-state index is 10.3. The third kappa shape index (κ3) is 1.84. The first-order valence-corrected chi connectivity index (χ1v) is 6.45. The van der Waals surface area contributed by atoms with Crippen LogP contribution >= 0.6 is 0 Å². The van der Waals surface area contributed by atoms with Gasteiger partial charge >= 0.3 is 0 Å². The van der Waals surface area contributed by atoms with Gasteiger partial charge in [-0.05, 0) is 37.0 Å². The summed E-state index contributed by atoms with van der Waals surface area (Å²) in [6.07, 6.45) is 11.7. The zero-order valence-corrected chi connectivity index (χ0v) is 9.47. The van der Waals surface area contributed by atoms with Gasteiger partial charge in [0.15, 0.2) is 0 Å². The van der Waals surface area contributed by atoms with Crippen molar-refractivity contribution in [3.05, 3.63) is 0 Å². The van der Waals surface area contributed by atoms with Crippen LogP contribution in [0.25, 0.3) is 0 Å². The number of aliphatic hydroxyl groups excluding tert-OH is 1. The molecule has 0 aromatic rings. The molecule has 1 N–H and O–H groups in total. The summed E-state index contributed by atoms with van der Waals surface area (Å²) in [5, 5.41) is 10.3. The lowest BCUT2D eigenvalue weighted by molar-refractivity contribution is -0.00211. The first-order valence-electron chi connectivity index (χ1n) is 6.45. The van der Waals surface area contributed by atoms with E-state index < -0.39 is 0 Å². The standard InChI is InChI=1S/C13H24O/c1-2-13(8-3-4-9-13)12(14)10-11-6-5-7-11/h11-12,14H,2-10H2,1H3. The molecule has 0 aromatic carbocycles. The zero-order valence-electron chi connectivity index (χ0n) is 9.47. The maximum absolute atomic E-state index is 10.3. The molecule has 1 unspecified atom stereocenters. The molecule has 2 saturated carbocycles. The van der Waals surface area contributed by atoms with E-state index in [1.54, 1.807) is 0 Å². The normalized spacial score (nSPS) is 28.7. The summed E-state index contributed by atoms with van der Waals surface area (Å²) < 4.78 is 0. The van der Waals surface area contributed by atoms with Crippen LogP contribution in [0.4, 0.5) is 0 Å². The van der Waals surface area contributed by atoms with Crippen molar-refractivity contribution in [2.45, 2.75) is 70.8 Å². The highest BCUT2D eigenvalue weighted by molar-refractivity contribution is 4.91. The Hall–Kier alpha value is -0.0400. The molecule has 2 fully saturated rings. The molecule has 0 radical (unpaired) electrons. The van der Waals surface area contributed by atoms with E-state index in [0.717, 1.165) is 12.3 Å². The first-order chi connectivity index (χ1) is 6.77. The molecular formula is C13H24O. The summed E-state index contributed by atoms with van der Waals surface area (Å²) in [5.74, 6) is 0.856. The van der Waals surface area contributed by atoms with Crippen LogP contribution in [0.2, 0.25) is 0 Å². The van der Waals surface area contributed by atoms with Gasteiger partial charge in [-0.25, -0.2) is 0 Å². The molecule has 0 bridgehead atoms. The van der Waals surface area contributed by atoms with Crippen LogP contribution in [0.3, 0.4) is 0 Å². The van der Waals surface area contributed by atoms with Gasteiger partial charge in [0.25, 0.3) is 0 Å². The van der Waals surface area contributed by atoms with Crippen LogP contribution in [0, 0.1) is 11.3 Å². The van der Waals surface area contributed by atoms with E-state index in [1.165, 1.54) is 51.4 Å². The SMILES string of the molecule is CCC1(C(O)CC2CCC2)CCCC1. The van der Waals surface area contributed by atoms with E-state index in [0.29, 0.717) is 5.41 Å². The lowest BCUT2D eigenvalue weighted by Crippen LogP contribution is -2.35. The molecule has 1 atom stereocenters. The van der Waals surface area contributed by atoms with Crippen molar-refractivity contribution in [2.24, 2.45) is 11.3 Å². The maximum Gasteiger partial charge on any atom is 0.0599 e. The predicted molar refractivity (Wildman–Crippen MR) is 59.2 cm³/mol. The molecule has 0 amide bonds. The molecule has 0 spiro atoms. The molecule has 82 valence electrons. The molecule has 1 nitrogen and oxygen atoms in total. The molecule has 0 aromatic heterocycles. The van der Waals surface area contributed by atoms with Crippen molar-refractivity contribution in [3.63, 3.8) is 0 Å². The summed E-state index contributed by atoms with van der Waals surface area (Å²) in [6, 6.07) is 0. The van der Waals surface area contributed by atoms with Crippen LogP contribution in [0.15, 0.2) is 0 Å². The third-order valence-electron chi connectivity index (χ3n) is 4.79. The van der Waals surface area contributed by atoms with Crippen molar-refractivity contribution in [2.75, 3.05) is 0 Å². The van der Waals surface area contributed by atoms with E-state index in [9.17, 15) is 5.11 Å². The van der Waals surface area contributed by atoms with Gasteiger partial charge in [-0.15, -0.1) is 0 Å². The fraction of sp³-hybridized carbons (Fsp3) is 1.00. The lowest BCUT2D eigenvalue weighted by Gasteiger charge is -2.37. The number of aliphatic hydroxyl groups is 1. The van der Waals surface area contributed by atoms with Gasteiger partial charge in [-0.1, -0.05) is 39.0 Å². The van der Waals surface area contributed by atoms with Crippen molar-refractivity contribution < 1.29 is 5.11 Å². The van der Waals surface area contributed by atoms with Gasteiger partial charge in [-0.2, -0.15) is 0 Å². The number of rotatable bonds is 4. The summed E-state index contributed by atoms with van der Waals surface area (Å²) in [7, 11) is 0. The summed E-state index contributed by atoms with van der Waals surface area (Å²) in [5.41, 5.74) is 0.315. The van der Waals surface area contributed by atoms with E-state index in [-0.39, 0.29) is 6.10 Å². The van der Waals surface area contributed by atoms with Crippen LogP contribution in [-0.4, -0.2) is 11.2 Å². The van der Waals surface area contributed by atoms with Crippen molar-refractivity contribution in [1.29, 1.82) is 0 Å². The highest BCUT2D eigenvalue weighted by Gasteiger charge is 2.40. The number of hydrogen-bond acceptors (Lipinski definition) is 1. The average Bonchev–Trinajstić information content (AvgIpc) is 2.60. The fourth-order valence-electron chi connectivity index (χ4n) is 3.30. The Balaban J connectivity index is 1.89. The van der Waals surface area contributed by atoms with Gasteiger partial charge in [0.05, 0.1) is 6.10 Å². The quantitative estimate of drug-likeness (QED) is 0.729. The smallest absolute Gasteiger partial charge is 0.0599 e. The van der Waals surface area contributed by atoms with Crippen molar-refractivity contribution in [1.82, 2.24) is 0 Å². The van der Waals surface area contributed by atoms with E-state index in [2.05, 4.69) is 6.92 Å². The zero-order chi connectivity index (χ0) is 10.0. The van der Waals surface area contributed by atoms with E-state index in [4.69, 9.17) is 0 Å². The minimum absolute atomic E-state index is 0.000278. The molecular weight excluding hydrogens is 172 g/mol. The minimum atomic E-state index is 0.000278. The van der Waals surface area contributed by atoms with Gasteiger partial charge < -0.3 is 5.11 Å². The fourth-order valence-corrected chi connectivity index (χ4v) is 3.30. The molecule has 0 heterocycles. The Bertz CT molecular complexity index is 178. The number of hydrogen-bond donors (Lipinski definition) is 1. The second kappa shape index (κ2) is 4.22. The summed E-state index contributed by atoms with van der Waals surface area (Å²) in [4.78, 5) is 0. The van der Waals surface area contributed by atoms with E-state index in [1.807, 2.05) is 0 Å². The second-order valence-corrected chi connectivity index (χ2v) is 5.47. The van der Waals surface area contributed by atoms with Crippen LogP contribution < -0.4 is 0 Å². The molecule has 0 aliphatic heterocycles. The van der Waals surface area contributed by atoms with Crippen LogP contribution in [-0.2, 0) is 0 Å². The van der Waals surface area contributed by atoms with Crippen LogP contribution in [0.5, 0.6) is 0 Å². The molecule has 2 aliphatic rings. The third-order valence-corrected chi connectivity index (χ3v) is 4.79. The molecule has 1 heteroatoms. The Labute approximate surface area is 87.9 Å². The highest BCUT2D eigenvalue weighted by Crippen LogP contribution is 2.47. The predicted octanol–water partition coefficient (Wildman–Crippen LogP) is 3.51. The van der Waals surface area contributed by atoms with Gasteiger partial charge in [0.1, 0.15) is 0 Å². The molecule has 2 rings (SSSR count). The monoisotopic (exact) mass is 196 g/mol. The Kier molecular flexibility index (Phi) is 3.16. The first kappa shape index (κ1) is 10.5. The Morgan fingerprint density at radius 2 is 1.86 bits per heavy atom. The van der Waals surface area contributed by atoms with Crippen molar-refractivity contribution in [3.8, 4) is 0 Å². The Morgan fingerprint density at radius 1 is 1.21 bits per heavy atom. The van der Waals surface area contributed by atoms with Gasteiger partial charge in [-0.3, -0.25) is 0 Å². The Morgan fingerprint density at radius 3 is 2.29 bits per heavy atom. The van der Waals surface area contributed by atoms with Crippen molar-refractivity contribution >= 4 is 0 Å². The highest BCUT2D eigenvalue weighted by atomic mass is 16.3. The van der Waals surface area contributed by atoms with Gasteiger partial charge in [0, 0.05) is 0 Å². The second-order valence-electron chi connectivity index (χ2n) is 5.47.